The van der Waals surface area contributed by atoms with Gasteiger partial charge in [-0.3, -0.25) is 9.69 Å². The van der Waals surface area contributed by atoms with Crippen molar-refractivity contribution in [3.8, 4) is 0 Å². The second kappa shape index (κ2) is 7.90. The molecule has 0 atom stereocenters. The summed E-state index contributed by atoms with van der Waals surface area (Å²) in [5, 5.41) is 0. The lowest BCUT2D eigenvalue weighted by Crippen LogP contribution is -2.64. The maximum atomic E-state index is 13.2. The Bertz CT molecular complexity index is 547. The van der Waals surface area contributed by atoms with Crippen LogP contribution in [0, 0.1) is 0 Å². The number of rotatable bonds is 6. The van der Waals surface area contributed by atoms with Crippen LogP contribution in [0.5, 0.6) is 0 Å². The third-order valence-corrected chi connectivity index (χ3v) is 5.72. The molecule has 0 spiro atoms. The van der Waals surface area contributed by atoms with E-state index in [4.69, 9.17) is 0 Å². The van der Waals surface area contributed by atoms with Gasteiger partial charge in [-0.2, -0.15) is 0 Å². The molecule has 140 valence electrons. The van der Waals surface area contributed by atoms with E-state index in [-0.39, 0.29) is 17.0 Å². The van der Waals surface area contributed by atoms with Crippen LogP contribution in [0.15, 0.2) is 30.3 Å². The van der Waals surface area contributed by atoms with Gasteiger partial charge in [-0.05, 0) is 65.6 Å². The zero-order valence-electron chi connectivity index (χ0n) is 17.0. The summed E-state index contributed by atoms with van der Waals surface area (Å²) in [5.41, 5.74) is 1.01. The number of amides is 1. The van der Waals surface area contributed by atoms with E-state index in [1.807, 2.05) is 30.3 Å². The Hall–Kier alpha value is -1.35. The monoisotopic (exact) mass is 344 g/mol. The SMILES string of the molecule is CCCCN(C(=O)c1ccccc1)C1CC(C)(C)N(CC)C(C)(C)C1. The molecular weight excluding hydrogens is 308 g/mol. The Balaban J connectivity index is 2.30. The summed E-state index contributed by atoms with van der Waals surface area (Å²) in [7, 11) is 0. The van der Waals surface area contributed by atoms with Gasteiger partial charge in [0.05, 0.1) is 0 Å². The van der Waals surface area contributed by atoms with Crippen molar-refractivity contribution in [1.29, 1.82) is 0 Å². The molecule has 3 heteroatoms. The van der Waals surface area contributed by atoms with Crippen molar-refractivity contribution in [2.75, 3.05) is 13.1 Å². The van der Waals surface area contributed by atoms with Crippen LogP contribution < -0.4 is 0 Å². The van der Waals surface area contributed by atoms with Crippen molar-refractivity contribution in [2.24, 2.45) is 0 Å². The third kappa shape index (κ3) is 4.44. The molecule has 0 unspecified atom stereocenters. The first-order valence-corrected chi connectivity index (χ1v) is 9.86. The van der Waals surface area contributed by atoms with Crippen LogP contribution in [0.25, 0.3) is 0 Å². The first-order valence-electron chi connectivity index (χ1n) is 9.86. The Morgan fingerprint density at radius 3 is 2.12 bits per heavy atom. The Kier molecular flexibility index (Phi) is 6.31. The number of likely N-dealkylation sites (tertiary alicyclic amines) is 1. The van der Waals surface area contributed by atoms with Gasteiger partial charge >= 0.3 is 0 Å². The molecule has 0 radical (unpaired) electrons. The Morgan fingerprint density at radius 1 is 1.08 bits per heavy atom. The number of carbonyl (C=O) groups excluding carboxylic acids is 1. The molecule has 1 fully saturated rings. The van der Waals surface area contributed by atoms with Gasteiger partial charge < -0.3 is 4.90 Å². The minimum Gasteiger partial charge on any atom is -0.336 e. The van der Waals surface area contributed by atoms with Crippen LogP contribution in [0.2, 0.25) is 0 Å². The van der Waals surface area contributed by atoms with Gasteiger partial charge in [0.25, 0.3) is 5.91 Å². The van der Waals surface area contributed by atoms with E-state index in [0.717, 1.165) is 44.3 Å². The highest BCUT2D eigenvalue weighted by Crippen LogP contribution is 2.40. The zero-order chi connectivity index (χ0) is 18.7. The van der Waals surface area contributed by atoms with Crippen LogP contribution >= 0.6 is 0 Å². The average Bonchev–Trinajstić information content (AvgIpc) is 2.54. The molecule has 0 saturated carbocycles. The van der Waals surface area contributed by atoms with Crippen LogP contribution in [0.1, 0.15) is 77.6 Å². The predicted molar refractivity (Wildman–Crippen MR) is 106 cm³/mol. The molecule has 2 rings (SSSR count). The van der Waals surface area contributed by atoms with E-state index in [1.54, 1.807) is 0 Å². The lowest BCUT2D eigenvalue weighted by molar-refractivity contribution is -0.0565. The van der Waals surface area contributed by atoms with Gasteiger partial charge in [0.15, 0.2) is 0 Å². The molecule has 3 nitrogen and oxygen atoms in total. The minimum atomic E-state index is 0.0998. The van der Waals surface area contributed by atoms with Gasteiger partial charge in [0.2, 0.25) is 0 Å². The normalized spacial score (nSPS) is 20.4. The molecule has 1 aromatic carbocycles. The lowest BCUT2D eigenvalue weighted by atomic mass is 9.76. The lowest BCUT2D eigenvalue weighted by Gasteiger charge is -2.57. The zero-order valence-corrected chi connectivity index (χ0v) is 17.0. The van der Waals surface area contributed by atoms with Crippen molar-refractivity contribution >= 4 is 5.91 Å². The number of hydrogen-bond acceptors (Lipinski definition) is 2. The number of carbonyl (C=O) groups is 1. The van der Waals surface area contributed by atoms with Crippen LogP contribution in [-0.4, -0.2) is 45.9 Å². The highest BCUT2D eigenvalue weighted by atomic mass is 16.2. The quantitative estimate of drug-likeness (QED) is 0.727. The summed E-state index contributed by atoms with van der Waals surface area (Å²) in [4.78, 5) is 18.0. The standard InChI is InChI=1S/C22H36N2O/c1-7-9-15-23(20(25)18-13-11-10-12-14-18)19-16-21(3,4)24(8-2)22(5,6)17-19/h10-14,19H,7-9,15-17H2,1-6H3. The molecule has 1 aliphatic rings. The smallest absolute Gasteiger partial charge is 0.254 e. The Labute approximate surface area is 154 Å². The van der Waals surface area contributed by atoms with Gasteiger partial charge in [-0.25, -0.2) is 0 Å². The van der Waals surface area contributed by atoms with Gasteiger partial charge in [-0.1, -0.05) is 38.5 Å². The minimum absolute atomic E-state index is 0.0998. The van der Waals surface area contributed by atoms with Gasteiger partial charge in [-0.15, -0.1) is 0 Å². The molecule has 0 aromatic heterocycles. The summed E-state index contributed by atoms with van der Waals surface area (Å²) in [5.74, 6) is 0.190. The summed E-state index contributed by atoms with van der Waals surface area (Å²) in [6.07, 6.45) is 4.24. The number of benzene rings is 1. The maximum absolute atomic E-state index is 13.2. The molecule has 1 amide bonds. The fraction of sp³-hybridized carbons (Fsp3) is 0.682. The van der Waals surface area contributed by atoms with E-state index in [1.165, 1.54) is 0 Å². The van der Waals surface area contributed by atoms with Gasteiger partial charge in [0.1, 0.15) is 0 Å². The van der Waals surface area contributed by atoms with Crippen LogP contribution in [-0.2, 0) is 0 Å². The molecule has 0 N–H and O–H groups in total. The van der Waals surface area contributed by atoms with E-state index < -0.39 is 0 Å². The summed E-state index contributed by atoms with van der Waals surface area (Å²) in [6, 6.07) is 10.1. The van der Waals surface area contributed by atoms with Crippen molar-refractivity contribution in [3.63, 3.8) is 0 Å². The van der Waals surface area contributed by atoms with Crippen molar-refractivity contribution in [1.82, 2.24) is 9.80 Å². The molecule has 1 aromatic rings. The number of nitrogens with zero attached hydrogens (tertiary/aromatic N) is 2. The second-order valence-electron chi connectivity index (χ2n) is 8.65. The van der Waals surface area contributed by atoms with E-state index >= 15 is 0 Å². The van der Waals surface area contributed by atoms with E-state index in [2.05, 4.69) is 51.3 Å². The van der Waals surface area contributed by atoms with Crippen molar-refractivity contribution < 1.29 is 4.79 Å². The molecular formula is C22H36N2O. The summed E-state index contributed by atoms with van der Waals surface area (Å²) >= 11 is 0. The summed E-state index contributed by atoms with van der Waals surface area (Å²) in [6.45, 7) is 15.7. The predicted octanol–water partition coefficient (Wildman–Crippen LogP) is 4.97. The number of piperidine rings is 1. The van der Waals surface area contributed by atoms with E-state index in [0.29, 0.717) is 6.04 Å². The average molecular weight is 345 g/mol. The van der Waals surface area contributed by atoms with Crippen LogP contribution in [0.3, 0.4) is 0 Å². The molecule has 1 heterocycles. The topological polar surface area (TPSA) is 23.6 Å². The highest BCUT2D eigenvalue weighted by molar-refractivity contribution is 5.94. The molecule has 1 saturated heterocycles. The molecule has 25 heavy (non-hydrogen) atoms. The largest absolute Gasteiger partial charge is 0.336 e. The second-order valence-corrected chi connectivity index (χ2v) is 8.65. The van der Waals surface area contributed by atoms with Gasteiger partial charge in [0, 0.05) is 29.2 Å². The molecule has 1 aliphatic heterocycles. The fourth-order valence-corrected chi connectivity index (χ4v) is 4.87. The number of unbranched alkanes of at least 4 members (excludes halogenated alkanes) is 1. The fourth-order valence-electron chi connectivity index (χ4n) is 4.87. The molecule has 0 aliphatic carbocycles. The Morgan fingerprint density at radius 2 is 1.64 bits per heavy atom. The third-order valence-electron chi connectivity index (χ3n) is 5.72. The highest BCUT2D eigenvalue weighted by Gasteiger charge is 2.46. The van der Waals surface area contributed by atoms with Crippen molar-refractivity contribution in [3.05, 3.63) is 35.9 Å². The van der Waals surface area contributed by atoms with Crippen LogP contribution in [0.4, 0.5) is 0 Å². The first-order chi connectivity index (χ1) is 11.7. The summed E-state index contributed by atoms with van der Waals surface area (Å²) < 4.78 is 0. The molecule has 0 bridgehead atoms. The van der Waals surface area contributed by atoms with E-state index in [9.17, 15) is 4.79 Å². The first kappa shape index (κ1) is 20.0. The van der Waals surface area contributed by atoms with Crippen molar-refractivity contribution in [2.45, 2.75) is 84.3 Å². The maximum Gasteiger partial charge on any atom is 0.254 e. The number of hydrogen-bond donors (Lipinski definition) is 0.